The van der Waals surface area contributed by atoms with E-state index in [4.69, 9.17) is 0 Å². The molecule has 0 aromatic carbocycles. The third-order valence-corrected chi connectivity index (χ3v) is 2.52. The fourth-order valence-electron chi connectivity index (χ4n) is 1.58. The van der Waals surface area contributed by atoms with E-state index in [1.54, 1.807) is 9.58 Å². The highest BCUT2D eigenvalue weighted by atomic mass is 16.2. The molecule has 1 N–H and O–H groups in total. The quantitative estimate of drug-likeness (QED) is 0.814. The second-order valence-electron chi connectivity index (χ2n) is 3.75. The standard InChI is InChI=1S/C11H20N4O/c1-5-15(6-2)11(16)9(3)12-10-7-8-14(4)13-10/h7-9H,5-6H2,1-4H3,(H,12,13). The highest BCUT2D eigenvalue weighted by Crippen LogP contribution is 2.05. The maximum Gasteiger partial charge on any atom is 0.244 e. The third kappa shape index (κ3) is 2.98. The molecule has 1 aromatic rings. The molecule has 0 radical (unpaired) electrons. The number of hydrogen-bond donors (Lipinski definition) is 1. The fourth-order valence-corrected chi connectivity index (χ4v) is 1.58. The number of carbonyl (C=O) groups excluding carboxylic acids is 1. The van der Waals surface area contributed by atoms with Crippen molar-refractivity contribution in [1.82, 2.24) is 14.7 Å². The predicted molar refractivity (Wildman–Crippen MR) is 64.2 cm³/mol. The Labute approximate surface area is 96.4 Å². The predicted octanol–water partition coefficient (Wildman–Crippen LogP) is 1.09. The number of rotatable bonds is 5. The van der Waals surface area contributed by atoms with Crippen LogP contribution in [0, 0.1) is 0 Å². The van der Waals surface area contributed by atoms with Crippen molar-refractivity contribution in [2.24, 2.45) is 7.05 Å². The number of nitrogens with zero attached hydrogens (tertiary/aromatic N) is 3. The van der Waals surface area contributed by atoms with E-state index in [-0.39, 0.29) is 11.9 Å². The van der Waals surface area contributed by atoms with Crippen molar-refractivity contribution in [2.45, 2.75) is 26.8 Å². The smallest absolute Gasteiger partial charge is 0.244 e. The molecule has 1 amide bonds. The van der Waals surface area contributed by atoms with Crippen LogP contribution in [0.1, 0.15) is 20.8 Å². The van der Waals surface area contributed by atoms with Crippen LogP contribution in [-0.4, -0.2) is 39.7 Å². The van der Waals surface area contributed by atoms with Crippen LogP contribution < -0.4 is 5.32 Å². The highest BCUT2D eigenvalue weighted by Gasteiger charge is 2.18. The van der Waals surface area contributed by atoms with E-state index in [0.29, 0.717) is 0 Å². The van der Waals surface area contributed by atoms with Crippen LogP contribution in [0.3, 0.4) is 0 Å². The Kier molecular flexibility index (Phi) is 4.34. The van der Waals surface area contributed by atoms with E-state index < -0.39 is 0 Å². The summed E-state index contributed by atoms with van der Waals surface area (Å²) in [6, 6.07) is 1.61. The monoisotopic (exact) mass is 224 g/mol. The maximum atomic E-state index is 11.9. The van der Waals surface area contributed by atoms with Crippen molar-refractivity contribution in [3.8, 4) is 0 Å². The molecule has 5 nitrogen and oxygen atoms in total. The number of likely N-dealkylation sites (N-methyl/N-ethyl adjacent to an activating group) is 1. The summed E-state index contributed by atoms with van der Waals surface area (Å²) in [7, 11) is 1.85. The topological polar surface area (TPSA) is 50.2 Å². The lowest BCUT2D eigenvalue weighted by Gasteiger charge is -2.23. The zero-order valence-corrected chi connectivity index (χ0v) is 10.4. The molecule has 0 aliphatic carbocycles. The lowest BCUT2D eigenvalue weighted by Crippen LogP contribution is -2.41. The number of aryl methyl sites for hydroxylation is 1. The summed E-state index contributed by atoms with van der Waals surface area (Å²) < 4.78 is 1.71. The fraction of sp³-hybridized carbons (Fsp3) is 0.636. The second-order valence-corrected chi connectivity index (χ2v) is 3.75. The van der Waals surface area contributed by atoms with E-state index in [1.807, 2.05) is 40.1 Å². The Morgan fingerprint density at radius 1 is 1.56 bits per heavy atom. The summed E-state index contributed by atoms with van der Waals surface area (Å²) in [4.78, 5) is 13.8. The van der Waals surface area contributed by atoms with Gasteiger partial charge in [-0.25, -0.2) is 0 Å². The van der Waals surface area contributed by atoms with Crippen LogP contribution >= 0.6 is 0 Å². The lowest BCUT2D eigenvalue weighted by molar-refractivity contribution is -0.131. The summed E-state index contributed by atoms with van der Waals surface area (Å²) in [5.74, 6) is 0.839. The van der Waals surface area contributed by atoms with Gasteiger partial charge in [-0.3, -0.25) is 9.48 Å². The number of aromatic nitrogens is 2. The molecule has 16 heavy (non-hydrogen) atoms. The number of carbonyl (C=O) groups is 1. The van der Waals surface area contributed by atoms with Crippen molar-refractivity contribution in [3.05, 3.63) is 12.3 Å². The van der Waals surface area contributed by atoms with Gasteiger partial charge in [0.15, 0.2) is 0 Å². The number of anilines is 1. The number of hydrogen-bond acceptors (Lipinski definition) is 3. The van der Waals surface area contributed by atoms with Gasteiger partial charge >= 0.3 is 0 Å². The van der Waals surface area contributed by atoms with Crippen molar-refractivity contribution in [1.29, 1.82) is 0 Å². The van der Waals surface area contributed by atoms with Crippen LogP contribution in [0.15, 0.2) is 12.3 Å². The van der Waals surface area contributed by atoms with Gasteiger partial charge < -0.3 is 10.2 Å². The Morgan fingerprint density at radius 2 is 2.19 bits per heavy atom. The highest BCUT2D eigenvalue weighted by molar-refractivity contribution is 5.83. The molecule has 0 aliphatic rings. The molecular weight excluding hydrogens is 204 g/mol. The second kappa shape index (κ2) is 5.53. The molecule has 0 aliphatic heterocycles. The van der Waals surface area contributed by atoms with Crippen LogP contribution in [0.2, 0.25) is 0 Å². The summed E-state index contributed by atoms with van der Waals surface area (Å²) in [5, 5.41) is 7.27. The normalized spacial score (nSPS) is 12.2. The van der Waals surface area contributed by atoms with Crippen molar-refractivity contribution >= 4 is 11.7 Å². The Balaban J connectivity index is 2.57. The van der Waals surface area contributed by atoms with Crippen molar-refractivity contribution in [2.75, 3.05) is 18.4 Å². The molecule has 1 unspecified atom stereocenters. The third-order valence-electron chi connectivity index (χ3n) is 2.52. The van der Waals surface area contributed by atoms with Gasteiger partial charge in [0, 0.05) is 32.4 Å². The lowest BCUT2D eigenvalue weighted by atomic mass is 10.3. The average Bonchev–Trinajstić information content (AvgIpc) is 2.65. The molecule has 0 bridgehead atoms. The van der Waals surface area contributed by atoms with E-state index in [2.05, 4.69) is 10.4 Å². The molecule has 0 spiro atoms. The molecule has 0 saturated heterocycles. The van der Waals surface area contributed by atoms with E-state index >= 15 is 0 Å². The number of nitrogens with one attached hydrogen (secondary N) is 1. The summed E-state index contributed by atoms with van der Waals surface area (Å²) in [5.41, 5.74) is 0. The first kappa shape index (κ1) is 12.5. The molecule has 1 atom stereocenters. The van der Waals surface area contributed by atoms with Gasteiger partial charge in [0.25, 0.3) is 0 Å². The van der Waals surface area contributed by atoms with E-state index in [1.165, 1.54) is 0 Å². The first-order valence-corrected chi connectivity index (χ1v) is 5.63. The van der Waals surface area contributed by atoms with Crippen LogP contribution in [0.25, 0.3) is 0 Å². The molecular formula is C11H20N4O. The maximum absolute atomic E-state index is 11.9. The molecule has 1 aromatic heterocycles. The Bertz CT molecular complexity index is 344. The minimum Gasteiger partial charge on any atom is -0.357 e. The first-order valence-electron chi connectivity index (χ1n) is 5.63. The Morgan fingerprint density at radius 3 is 2.62 bits per heavy atom. The van der Waals surface area contributed by atoms with E-state index in [0.717, 1.165) is 18.9 Å². The average molecular weight is 224 g/mol. The van der Waals surface area contributed by atoms with Crippen molar-refractivity contribution < 1.29 is 4.79 Å². The minimum absolute atomic E-state index is 0.107. The van der Waals surface area contributed by atoms with Gasteiger partial charge in [0.1, 0.15) is 11.9 Å². The van der Waals surface area contributed by atoms with Gasteiger partial charge in [0.2, 0.25) is 5.91 Å². The molecule has 0 fully saturated rings. The summed E-state index contributed by atoms with van der Waals surface area (Å²) >= 11 is 0. The summed E-state index contributed by atoms with van der Waals surface area (Å²) in [6.45, 7) is 7.30. The molecule has 5 heteroatoms. The van der Waals surface area contributed by atoms with Gasteiger partial charge in [-0.05, 0) is 20.8 Å². The number of amides is 1. The van der Waals surface area contributed by atoms with Gasteiger partial charge in [-0.2, -0.15) is 5.10 Å². The molecule has 1 heterocycles. The molecule has 0 saturated carbocycles. The zero-order chi connectivity index (χ0) is 12.1. The minimum atomic E-state index is -0.241. The first-order chi connectivity index (χ1) is 7.58. The van der Waals surface area contributed by atoms with Gasteiger partial charge in [-0.15, -0.1) is 0 Å². The van der Waals surface area contributed by atoms with Crippen LogP contribution in [-0.2, 0) is 11.8 Å². The molecule has 90 valence electrons. The zero-order valence-electron chi connectivity index (χ0n) is 10.4. The SMILES string of the molecule is CCN(CC)C(=O)C(C)Nc1ccn(C)n1. The van der Waals surface area contributed by atoms with Gasteiger partial charge in [-0.1, -0.05) is 0 Å². The summed E-state index contributed by atoms with van der Waals surface area (Å²) in [6.07, 6.45) is 1.84. The van der Waals surface area contributed by atoms with Gasteiger partial charge in [0.05, 0.1) is 0 Å². The van der Waals surface area contributed by atoms with Crippen LogP contribution in [0.4, 0.5) is 5.82 Å². The Hall–Kier alpha value is -1.52. The van der Waals surface area contributed by atoms with Crippen LogP contribution in [0.5, 0.6) is 0 Å². The molecule has 1 rings (SSSR count). The van der Waals surface area contributed by atoms with E-state index in [9.17, 15) is 4.79 Å². The largest absolute Gasteiger partial charge is 0.357 e. The van der Waals surface area contributed by atoms with Crippen molar-refractivity contribution in [3.63, 3.8) is 0 Å².